The Labute approximate surface area is 203 Å². The molecule has 2 aromatic carbocycles. The van der Waals surface area contributed by atoms with Crippen molar-refractivity contribution in [3.05, 3.63) is 52.8 Å². The summed E-state index contributed by atoms with van der Waals surface area (Å²) in [6.07, 6.45) is 0.115. The number of methoxy groups -OCH3 is 1. The molecular weight excluding hydrogens is 488 g/mol. The normalized spacial score (nSPS) is 16.7. The summed E-state index contributed by atoms with van der Waals surface area (Å²) in [4.78, 5) is 16.7. The Hall–Kier alpha value is -2.43. The average molecular weight is 516 g/mol. The maximum absolute atomic E-state index is 13.4. The van der Waals surface area contributed by atoms with Crippen LogP contribution >= 0.6 is 11.6 Å². The van der Waals surface area contributed by atoms with E-state index in [9.17, 15) is 22.0 Å². The van der Waals surface area contributed by atoms with Crippen molar-refractivity contribution in [2.24, 2.45) is 0 Å². The number of alkyl halides is 1. The van der Waals surface area contributed by atoms with Crippen molar-refractivity contribution in [2.75, 3.05) is 51.9 Å². The second-order valence-electron chi connectivity index (χ2n) is 8.12. The fraction of sp³-hybridized carbons (Fsp3) is 0.435. The molecule has 1 fully saturated rings. The number of carbonyl (C=O) groups excluding carboxylic acids is 1. The van der Waals surface area contributed by atoms with Crippen molar-refractivity contribution < 1.29 is 26.7 Å². The molecule has 7 nitrogen and oxygen atoms in total. The molecule has 0 aliphatic carbocycles. The summed E-state index contributed by atoms with van der Waals surface area (Å²) in [5.74, 6) is -0.315. The van der Waals surface area contributed by atoms with Gasteiger partial charge in [0.25, 0.3) is 5.91 Å². The van der Waals surface area contributed by atoms with Gasteiger partial charge in [-0.25, -0.2) is 17.1 Å². The van der Waals surface area contributed by atoms with Crippen LogP contribution in [0, 0.1) is 5.82 Å². The monoisotopic (exact) mass is 515 g/mol. The van der Waals surface area contributed by atoms with Gasteiger partial charge in [0, 0.05) is 39.3 Å². The van der Waals surface area contributed by atoms with Gasteiger partial charge in [-0.05, 0) is 49.7 Å². The zero-order chi connectivity index (χ0) is 25.0. The number of benzene rings is 2. The second-order valence-corrected chi connectivity index (χ2v) is 10.6. The van der Waals surface area contributed by atoms with Crippen LogP contribution in [0.5, 0.6) is 5.75 Å². The third kappa shape index (κ3) is 5.45. The van der Waals surface area contributed by atoms with Crippen LogP contribution in [0.15, 0.2) is 41.3 Å². The van der Waals surface area contributed by atoms with Crippen molar-refractivity contribution in [2.45, 2.75) is 24.3 Å². The average Bonchev–Trinajstić information content (AvgIpc) is 2.81. The third-order valence-corrected chi connectivity index (χ3v) is 8.02. The molecule has 11 heteroatoms. The molecule has 0 radical (unpaired) electrons. The molecule has 186 valence electrons. The van der Waals surface area contributed by atoms with Gasteiger partial charge < -0.3 is 14.5 Å². The van der Waals surface area contributed by atoms with Gasteiger partial charge >= 0.3 is 0 Å². The minimum atomic E-state index is -3.81. The number of amides is 1. The molecule has 0 bridgehead atoms. The van der Waals surface area contributed by atoms with Gasteiger partial charge in [0.1, 0.15) is 11.6 Å². The van der Waals surface area contributed by atoms with E-state index >= 15 is 0 Å². The highest BCUT2D eigenvalue weighted by Crippen LogP contribution is 2.34. The number of nitrogens with zero attached hydrogens (tertiary/aromatic N) is 3. The second kappa shape index (κ2) is 10.9. The Balaban J connectivity index is 1.84. The Morgan fingerprint density at radius 1 is 1.24 bits per heavy atom. The van der Waals surface area contributed by atoms with E-state index in [4.69, 9.17) is 16.3 Å². The van der Waals surface area contributed by atoms with Gasteiger partial charge in [-0.2, -0.15) is 0 Å². The van der Waals surface area contributed by atoms with Gasteiger partial charge in [0.05, 0.1) is 35.0 Å². The molecule has 0 N–H and O–H groups in total. The molecule has 1 unspecified atom stereocenters. The predicted octanol–water partition coefficient (Wildman–Crippen LogP) is 3.82. The predicted molar refractivity (Wildman–Crippen MR) is 128 cm³/mol. The van der Waals surface area contributed by atoms with Crippen molar-refractivity contribution >= 4 is 33.2 Å². The summed E-state index contributed by atoms with van der Waals surface area (Å²) >= 11 is 6.07. The van der Waals surface area contributed by atoms with E-state index in [1.807, 2.05) is 11.8 Å². The Morgan fingerprint density at radius 2 is 1.97 bits per heavy atom. The molecule has 0 aromatic heterocycles. The summed E-state index contributed by atoms with van der Waals surface area (Å²) in [6, 6.07) is 8.10. The summed E-state index contributed by atoms with van der Waals surface area (Å²) in [6.45, 7) is 2.51. The minimum absolute atomic E-state index is 0.0524. The number of piperazine rings is 1. The number of sulfonamides is 1. The lowest BCUT2D eigenvalue weighted by Gasteiger charge is -2.42. The van der Waals surface area contributed by atoms with E-state index in [0.717, 1.165) is 10.4 Å². The Kier molecular flexibility index (Phi) is 8.38. The molecule has 1 saturated heterocycles. The van der Waals surface area contributed by atoms with Gasteiger partial charge in [0.15, 0.2) is 0 Å². The number of anilines is 1. The zero-order valence-corrected chi connectivity index (χ0v) is 20.9. The van der Waals surface area contributed by atoms with E-state index in [0.29, 0.717) is 31.1 Å². The summed E-state index contributed by atoms with van der Waals surface area (Å²) in [5, 5.41) is 0.0524. The van der Waals surface area contributed by atoms with Crippen LogP contribution in [-0.2, 0) is 10.0 Å². The molecule has 2 aromatic rings. The van der Waals surface area contributed by atoms with Crippen molar-refractivity contribution in [3.63, 3.8) is 0 Å². The fourth-order valence-electron chi connectivity index (χ4n) is 3.97. The summed E-state index contributed by atoms with van der Waals surface area (Å²) in [7, 11) is -0.888. The molecule has 0 spiro atoms. The lowest BCUT2D eigenvalue weighted by molar-refractivity contribution is 0.0726. The first-order valence-corrected chi connectivity index (χ1v) is 12.6. The molecule has 3 rings (SSSR count). The Morgan fingerprint density at radius 3 is 2.59 bits per heavy atom. The minimum Gasteiger partial charge on any atom is -0.495 e. The van der Waals surface area contributed by atoms with Crippen LogP contribution in [0.3, 0.4) is 0 Å². The topological polar surface area (TPSA) is 70.2 Å². The maximum atomic E-state index is 13.4. The van der Waals surface area contributed by atoms with E-state index in [2.05, 4.69) is 0 Å². The fourth-order valence-corrected chi connectivity index (χ4v) is 5.45. The van der Waals surface area contributed by atoms with Gasteiger partial charge in [-0.1, -0.05) is 11.6 Å². The van der Waals surface area contributed by atoms with Crippen molar-refractivity contribution in [1.29, 1.82) is 0 Å². The van der Waals surface area contributed by atoms with E-state index in [-0.39, 0.29) is 40.4 Å². The number of carbonyl (C=O) groups is 1. The highest BCUT2D eigenvalue weighted by Gasteiger charge is 2.31. The Bertz CT molecular complexity index is 1150. The smallest absolute Gasteiger partial charge is 0.255 e. The van der Waals surface area contributed by atoms with Crippen molar-refractivity contribution in [1.82, 2.24) is 9.21 Å². The molecule has 1 amide bonds. The molecule has 0 saturated carbocycles. The molecule has 1 heterocycles. The van der Waals surface area contributed by atoms with Gasteiger partial charge in [-0.3, -0.25) is 9.18 Å². The third-order valence-electron chi connectivity index (χ3n) is 5.85. The number of ether oxygens (including phenoxy) is 1. The standard InChI is InChI=1S/C23H28ClF2N3O4S/c1-16-15-28(23(30)19-7-5-17(26)13-20(19)24)11-12-29(16)21-14-18(6-8-22(21)33-3)34(31,32)27(2)10-4-9-25/h5-8,13-14,16H,4,9-12,15H2,1-3H3. The number of halogens is 3. The molecular formula is C23H28ClF2N3O4S. The maximum Gasteiger partial charge on any atom is 0.255 e. The highest BCUT2D eigenvalue weighted by molar-refractivity contribution is 7.89. The van der Waals surface area contributed by atoms with Crippen LogP contribution in [0.4, 0.5) is 14.5 Å². The first kappa shape index (κ1) is 26.2. The first-order valence-electron chi connectivity index (χ1n) is 10.8. The largest absolute Gasteiger partial charge is 0.495 e. The first-order chi connectivity index (χ1) is 16.1. The molecule has 1 atom stereocenters. The lowest BCUT2D eigenvalue weighted by Crippen LogP contribution is -2.54. The van der Waals surface area contributed by atoms with E-state index in [1.54, 1.807) is 17.0 Å². The van der Waals surface area contributed by atoms with Gasteiger partial charge in [0.2, 0.25) is 10.0 Å². The molecule has 1 aliphatic heterocycles. The molecule has 34 heavy (non-hydrogen) atoms. The zero-order valence-electron chi connectivity index (χ0n) is 19.3. The number of hydrogen-bond acceptors (Lipinski definition) is 5. The van der Waals surface area contributed by atoms with Crippen molar-refractivity contribution in [3.8, 4) is 5.75 Å². The number of rotatable bonds is 8. The van der Waals surface area contributed by atoms with Crippen LogP contribution in [-0.4, -0.2) is 76.6 Å². The van der Waals surface area contributed by atoms with E-state index < -0.39 is 22.5 Å². The van der Waals surface area contributed by atoms with Crippen LogP contribution in [0.25, 0.3) is 0 Å². The number of hydrogen-bond donors (Lipinski definition) is 0. The van der Waals surface area contributed by atoms with Crippen LogP contribution in [0.1, 0.15) is 23.7 Å². The van der Waals surface area contributed by atoms with Gasteiger partial charge in [-0.15, -0.1) is 0 Å². The van der Waals surface area contributed by atoms with E-state index in [1.165, 1.54) is 32.4 Å². The van der Waals surface area contributed by atoms with Crippen LogP contribution in [0.2, 0.25) is 5.02 Å². The summed E-state index contributed by atoms with van der Waals surface area (Å²) < 4.78 is 58.4. The van der Waals surface area contributed by atoms with Crippen LogP contribution < -0.4 is 9.64 Å². The SMILES string of the molecule is COc1ccc(S(=O)(=O)N(C)CCCF)cc1N1CCN(C(=O)c2ccc(F)cc2Cl)CC1C. The quantitative estimate of drug-likeness (QED) is 0.534. The highest BCUT2D eigenvalue weighted by atomic mass is 35.5. The molecule has 1 aliphatic rings. The summed E-state index contributed by atoms with van der Waals surface area (Å²) in [5.41, 5.74) is 0.813. The lowest BCUT2D eigenvalue weighted by atomic mass is 10.1.